The van der Waals surface area contributed by atoms with Gasteiger partial charge in [0.1, 0.15) is 0 Å². The van der Waals surface area contributed by atoms with E-state index in [1.807, 2.05) is 6.08 Å². The van der Waals surface area contributed by atoms with Crippen molar-refractivity contribution in [2.45, 2.75) is 47.0 Å². The Labute approximate surface area is 204 Å². The third-order valence-corrected chi connectivity index (χ3v) is 7.27. The van der Waals surface area contributed by atoms with Gasteiger partial charge in [-0.2, -0.15) is 0 Å². The summed E-state index contributed by atoms with van der Waals surface area (Å²) in [5, 5.41) is 0. The second kappa shape index (κ2) is 8.02. The quantitative estimate of drug-likeness (QED) is 0.304. The molecule has 0 spiro atoms. The van der Waals surface area contributed by atoms with Crippen molar-refractivity contribution in [2.24, 2.45) is 0 Å². The van der Waals surface area contributed by atoms with E-state index in [-0.39, 0.29) is 5.41 Å². The summed E-state index contributed by atoms with van der Waals surface area (Å²) < 4.78 is 0. The van der Waals surface area contributed by atoms with Crippen LogP contribution in [0.2, 0.25) is 0 Å². The molecule has 34 heavy (non-hydrogen) atoms. The molecule has 1 nitrogen and oxygen atoms in total. The molecule has 0 radical (unpaired) electrons. The molecule has 0 unspecified atom stereocenters. The van der Waals surface area contributed by atoms with Gasteiger partial charge in [-0.25, -0.2) is 0 Å². The van der Waals surface area contributed by atoms with E-state index in [9.17, 15) is 0 Å². The fraction of sp³-hybridized carbons (Fsp3) is 0.212. The van der Waals surface area contributed by atoms with Gasteiger partial charge in [-0.3, -0.25) is 0 Å². The minimum atomic E-state index is -0.0382. The number of rotatable bonds is 4. The van der Waals surface area contributed by atoms with Crippen molar-refractivity contribution in [3.63, 3.8) is 0 Å². The van der Waals surface area contributed by atoms with Gasteiger partial charge < -0.3 is 4.90 Å². The number of anilines is 3. The van der Waals surface area contributed by atoms with Crippen LogP contribution in [0.4, 0.5) is 17.1 Å². The number of aryl methyl sites for hydroxylation is 4. The van der Waals surface area contributed by atoms with E-state index in [2.05, 4.69) is 126 Å². The topological polar surface area (TPSA) is 3.24 Å². The van der Waals surface area contributed by atoms with Crippen molar-refractivity contribution >= 4 is 23.1 Å². The van der Waals surface area contributed by atoms with E-state index >= 15 is 0 Å². The molecule has 0 N–H and O–H groups in total. The monoisotopic (exact) mass is 443 g/mol. The van der Waals surface area contributed by atoms with E-state index in [0.29, 0.717) is 0 Å². The van der Waals surface area contributed by atoms with Crippen LogP contribution < -0.4 is 4.90 Å². The van der Waals surface area contributed by atoms with Gasteiger partial charge in [-0.1, -0.05) is 68.5 Å². The van der Waals surface area contributed by atoms with Crippen molar-refractivity contribution in [1.29, 1.82) is 0 Å². The number of hydrogen-bond acceptors (Lipinski definition) is 1. The summed E-state index contributed by atoms with van der Waals surface area (Å²) in [5.41, 5.74) is 15.3. The summed E-state index contributed by atoms with van der Waals surface area (Å²) in [5.74, 6) is 0. The van der Waals surface area contributed by atoms with Gasteiger partial charge in [0.2, 0.25) is 0 Å². The van der Waals surface area contributed by atoms with E-state index in [1.165, 1.54) is 61.4 Å². The normalized spacial score (nSPS) is 13.4. The van der Waals surface area contributed by atoms with Gasteiger partial charge in [-0.15, -0.1) is 0 Å². The molecule has 1 heteroatoms. The zero-order valence-electron chi connectivity index (χ0n) is 21.2. The van der Waals surface area contributed by atoms with Crippen LogP contribution in [0, 0.1) is 27.7 Å². The number of hydrogen-bond donors (Lipinski definition) is 0. The first-order valence-corrected chi connectivity index (χ1v) is 12.1. The second-order valence-electron chi connectivity index (χ2n) is 10.3. The lowest BCUT2D eigenvalue weighted by molar-refractivity contribution is 0.660. The number of fused-ring (bicyclic) bond motifs is 3. The third kappa shape index (κ3) is 3.56. The Hall–Kier alpha value is -3.58. The zero-order valence-corrected chi connectivity index (χ0v) is 21.2. The van der Waals surface area contributed by atoms with Crippen molar-refractivity contribution in [3.8, 4) is 11.1 Å². The Bertz CT molecular complexity index is 1420. The average molecular weight is 444 g/mol. The Kier molecular flexibility index (Phi) is 5.24. The van der Waals surface area contributed by atoms with Crippen molar-refractivity contribution < 1.29 is 0 Å². The largest absolute Gasteiger partial charge is 0.310 e. The molecule has 0 bridgehead atoms. The lowest BCUT2D eigenvalue weighted by Gasteiger charge is -2.29. The van der Waals surface area contributed by atoms with Crippen LogP contribution in [-0.2, 0) is 5.41 Å². The van der Waals surface area contributed by atoms with Crippen LogP contribution in [0.15, 0.2) is 79.4 Å². The van der Waals surface area contributed by atoms with Gasteiger partial charge >= 0.3 is 0 Å². The Morgan fingerprint density at radius 1 is 0.618 bits per heavy atom. The molecule has 1 aliphatic carbocycles. The molecule has 0 saturated heterocycles. The standard InChI is InChI=1S/C33H33N/c1-8-25-10-11-26(19-24(25)5)34(28-16-22(3)15-23(4)17-28)27-12-14-30-29-13-9-21(2)18-31(29)33(6,7)32(30)20-27/h8-20H,1H2,2-7H3. The van der Waals surface area contributed by atoms with Crippen molar-refractivity contribution in [3.05, 3.63) is 118 Å². The first-order chi connectivity index (χ1) is 16.2. The maximum Gasteiger partial charge on any atom is 0.0466 e. The first kappa shape index (κ1) is 22.2. The van der Waals surface area contributed by atoms with Crippen molar-refractivity contribution in [1.82, 2.24) is 0 Å². The van der Waals surface area contributed by atoms with Crippen LogP contribution in [-0.4, -0.2) is 0 Å². The van der Waals surface area contributed by atoms with Gasteiger partial charge in [0.15, 0.2) is 0 Å². The Balaban J connectivity index is 1.72. The Morgan fingerprint density at radius 3 is 1.85 bits per heavy atom. The Morgan fingerprint density at radius 2 is 1.21 bits per heavy atom. The number of nitrogens with zero attached hydrogens (tertiary/aromatic N) is 1. The summed E-state index contributed by atoms with van der Waals surface area (Å²) in [4.78, 5) is 2.39. The fourth-order valence-electron chi connectivity index (χ4n) is 5.53. The zero-order chi connectivity index (χ0) is 24.2. The maximum absolute atomic E-state index is 3.97. The SMILES string of the molecule is C=Cc1ccc(N(c2cc(C)cc(C)c2)c2ccc3c(c2)C(C)(C)c2cc(C)ccc2-3)cc1C. The van der Waals surface area contributed by atoms with Gasteiger partial charge in [0, 0.05) is 22.5 Å². The molecule has 4 aromatic rings. The highest BCUT2D eigenvalue weighted by Crippen LogP contribution is 2.51. The summed E-state index contributed by atoms with van der Waals surface area (Å²) in [6.07, 6.45) is 1.93. The van der Waals surface area contributed by atoms with Gasteiger partial charge in [0.25, 0.3) is 0 Å². The molecule has 0 atom stereocenters. The minimum Gasteiger partial charge on any atom is -0.310 e. The average Bonchev–Trinajstić information content (AvgIpc) is 3.00. The summed E-state index contributed by atoms with van der Waals surface area (Å²) >= 11 is 0. The predicted molar refractivity (Wildman–Crippen MR) is 148 cm³/mol. The lowest BCUT2D eigenvalue weighted by atomic mass is 9.82. The van der Waals surface area contributed by atoms with Crippen LogP contribution in [0.5, 0.6) is 0 Å². The summed E-state index contributed by atoms with van der Waals surface area (Å²) in [6, 6.07) is 27.3. The van der Waals surface area contributed by atoms with Crippen LogP contribution in [0.1, 0.15) is 52.8 Å². The van der Waals surface area contributed by atoms with Gasteiger partial charge in [0.05, 0.1) is 0 Å². The number of benzene rings is 4. The smallest absolute Gasteiger partial charge is 0.0466 e. The fourth-order valence-corrected chi connectivity index (χ4v) is 5.53. The van der Waals surface area contributed by atoms with Crippen LogP contribution >= 0.6 is 0 Å². The highest BCUT2D eigenvalue weighted by Gasteiger charge is 2.36. The van der Waals surface area contributed by atoms with E-state index in [0.717, 1.165) is 5.69 Å². The van der Waals surface area contributed by atoms with Crippen LogP contribution in [0.3, 0.4) is 0 Å². The molecule has 0 amide bonds. The van der Waals surface area contributed by atoms with E-state index < -0.39 is 0 Å². The molecule has 0 heterocycles. The maximum atomic E-state index is 3.97. The molecule has 0 fully saturated rings. The molecule has 0 saturated carbocycles. The summed E-state index contributed by atoms with van der Waals surface area (Å²) in [7, 11) is 0. The second-order valence-corrected chi connectivity index (χ2v) is 10.3. The molecule has 1 aliphatic rings. The third-order valence-electron chi connectivity index (χ3n) is 7.27. The molecule has 0 aliphatic heterocycles. The van der Waals surface area contributed by atoms with E-state index in [4.69, 9.17) is 0 Å². The molecule has 5 rings (SSSR count). The van der Waals surface area contributed by atoms with Crippen molar-refractivity contribution in [2.75, 3.05) is 4.90 Å². The minimum absolute atomic E-state index is 0.0382. The van der Waals surface area contributed by atoms with E-state index in [1.54, 1.807) is 0 Å². The molecular weight excluding hydrogens is 410 g/mol. The molecule has 170 valence electrons. The first-order valence-electron chi connectivity index (χ1n) is 12.1. The summed E-state index contributed by atoms with van der Waals surface area (Å²) in [6.45, 7) is 17.4. The van der Waals surface area contributed by atoms with Gasteiger partial charge in [-0.05, 0) is 109 Å². The van der Waals surface area contributed by atoms with Crippen LogP contribution in [0.25, 0.3) is 17.2 Å². The molecule has 4 aromatic carbocycles. The highest BCUT2D eigenvalue weighted by atomic mass is 15.1. The lowest BCUT2D eigenvalue weighted by Crippen LogP contribution is -2.17. The molecule has 0 aromatic heterocycles. The highest BCUT2D eigenvalue weighted by molar-refractivity contribution is 5.86. The predicted octanol–water partition coefficient (Wildman–Crippen LogP) is 9.34. The molecular formula is C33H33N.